The standard InChI is InChI=1S/C28H38ClN3O7S/c1-18(2)15-32(40(36,37)21-10-11-24-25(13-21)39-17-38-24)16-23(33)22(12-20-8-6-5-7-9-20)30-28(35)27(19(3)4)31-26(34)14-29/h5-11,13,18-19,22-23,27,33H,12,14-17H2,1-4H3,(H,30,35)(H,31,34). The highest BCUT2D eigenvalue weighted by molar-refractivity contribution is 7.89. The van der Waals surface area contributed by atoms with Crippen molar-refractivity contribution in [2.75, 3.05) is 25.8 Å². The summed E-state index contributed by atoms with van der Waals surface area (Å²) in [6, 6.07) is 11.9. The summed E-state index contributed by atoms with van der Waals surface area (Å²) < 4.78 is 39.3. The van der Waals surface area contributed by atoms with E-state index >= 15 is 0 Å². The topological polar surface area (TPSA) is 134 Å². The van der Waals surface area contributed by atoms with Crippen molar-refractivity contribution < 1.29 is 32.6 Å². The Morgan fingerprint density at radius 3 is 2.30 bits per heavy atom. The quantitative estimate of drug-likeness (QED) is 0.286. The summed E-state index contributed by atoms with van der Waals surface area (Å²) in [5.41, 5.74) is 0.840. The summed E-state index contributed by atoms with van der Waals surface area (Å²) in [6.45, 7) is 7.20. The van der Waals surface area contributed by atoms with Crippen LogP contribution in [0.15, 0.2) is 53.4 Å². The van der Waals surface area contributed by atoms with Gasteiger partial charge in [0.2, 0.25) is 28.6 Å². The molecule has 12 heteroatoms. The average molecular weight is 596 g/mol. The van der Waals surface area contributed by atoms with Crippen molar-refractivity contribution in [2.24, 2.45) is 11.8 Å². The molecular formula is C28H38ClN3O7S. The van der Waals surface area contributed by atoms with Crippen molar-refractivity contribution in [3.63, 3.8) is 0 Å². The van der Waals surface area contributed by atoms with Gasteiger partial charge in [-0.3, -0.25) is 9.59 Å². The summed E-state index contributed by atoms with van der Waals surface area (Å²) >= 11 is 5.63. The predicted molar refractivity (Wildman–Crippen MR) is 152 cm³/mol. The molecule has 0 fully saturated rings. The van der Waals surface area contributed by atoms with Crippen LogP contribution >= 0.6 is 11.6 Å². The van der Waals surface area contributed by atoms with Gasteiger partial charge in [0.1, 0.15) is 11.9 Å². The third kappa shape index (κ3) is 8.33. The van der Waals surface area contributed by atoms with E-state index in [2.05, 4.69) is 10.6 Å². The number of nitrogens with one attached hydrogen (secondary N) is 2. The first kappa shape index (κ1) is 31.7. The zero-order valence-electron chi connectivity index (χ0n) is 23.2. The van der Waals surface area contributed by atoms with Crippen LogP contribution in [-0.4, -0.2) is 73.6 Å². The molecule has 1 aliphatic rings. The third-order valence-electron chi connectivity index (χ3n) is 6.42. The Kier molecular flexibility index (Phi) is 11.2. The summed E-state index contributed by atoms with van der Waals surface area (Å²) in [7, 11) is -4.04. The molecule has 3 atom stereocenters. The number of hydrogen-bond acceptors (Lipinski definition) is 7. The minimum Gasteiger partial charge on any atom is -0.454 e. The molecule has 2 aromatic carbocycles. The minimum atomic E-state index is -4.04. The van der Waals surface area contributed by atoms with Crippen LogP contribution in [0.1, 0.15) is 33.3 Å². The maximum atomic E-state index is 13.7. The highest BCUT2D eigenvalue weighted by atomic mass is 35.5. The molecule has 1 heterocycles. The average Bonchev–Trinajstić information content (AvgIpc) is 3.39. The van der Waals surface area contributed by atoms with Gasteiger partial charge in [0.05, 0.1) is 17.0 Å². The number of benzene rings is 2. The molecule has 0 aromatic heterocycles. The number of carbonyl (C=O) groups is 2. The highest BCUT2D eigenvalue weighted by Gasteiger charge is 2.34. The van der Waals surface area contributed by atoms with Crippen LogP contribution in [0.25, 0.3) is 0 Å². The number of nitrogens with zero attached hydrogens (tertiary/aromatic N) is 1. The highest BCUT2D eigenvalue weighted by Crippen LogP contribution is 2.34. The minimum absolute atomic E-state index is 0.0108. The number of rotatable bonds is 14. The zero-order chi connectivity index (χ0) is 29.4. The van der Waals surface area contributed by atoms with Gasteiger partial charge in [0.15, 0.2) is 11.5 Å². The van der Waals surface area contributed by atoms with Gasteiger partial charge in [-0.15, -0.1) is 11.6 Å². The molecule has 220 valence electrons. The number of aliphatic hydroxyl groups is 1. The van der Waals surface area contributed by atoms with Gasteiger partial charge in [-0.25, -0.2) is 8.42 Å². The van der Waals surface area contributed by atoms with Crippen molar-refractivity contribution in [3.8, 4) is 11.5 Å². The lowest BCUT2D eigenvalue weighted by molar-refractivity contribution is -0.130. The third-order valence-corrected chi connectivity index (χ3v) is 8.49. The molecule has 2 aromatic rings. The maximum Gasteiger partial charge on any atom is 0.243 e. The second-order valence-electron chi connectivity index (χ2n) is 10.5. The molecule has 1 aliphatic heterocycles. The lowest BCUT2D eigenvalue weighted by atomic mass is 9.98. The number of fused-ring (bicyclic) bond motifs is 1. The molecule has 0 radical (unpaired) electrons. The summed E-state index contributed by atoms with van der Waals surface area (Å²) in [6.07, 6.45) is -1.04. The Hall–Kier alpha value is -2.86. The molecule has 0 spiro atoms. The first-order valence-electron chi connectivity index (χ1n) is 13.2. The fourth-order valence-electron chi connectivity index (χ4n) is 4.37. The molecule has 3 rings (SSSR count). The first-order chi connectivity index (χ1) is 18.9. The second kappa shape index (κ2) is 14.2. The number of amides is 2. The Balaban J connectivity index is 1.88. The number of ether oxygens (including phenoxy) is 2. The first-order valence-corrected chi connectivity index (χ1v) is 15.2. The largest absolute Gasteiger partial charge is 0.454 e. The predicted octanol–water partition coefficient (Wildman–Crippen LogP) is 2.53. The van der Waals surface area contributed by atoms with Gasteiger partial charge in [0.25, 0.3) is 0 Å². The van der Waals surface area contributed by atoms with E-state index in [1.165, 1.54) is 16.4 Å². The van der Waals surface area contributed by atoms with Crippen LogP contribution in [-0.2, 0) is 26.0 Å². The van der Waals surface area contributed by atoms with E-state index in [1.807, 2.05) is 44.2 Å². The SMILES string of the molecule is CC(C)CN(CC(O)C(Cc1ccccc1)NC(=O)C(NC(=O)CCl)C(C)C)S(=O)(=O)c1ccc2c(c1)OCO2. The Morgan fingerprint density at radius 1 is 1.00 bits per heavy atom. The number of hydrogen-bond donors (Lipinski definition) is 3. The van der Waals surface area contributed by atoms with Crippen molar-refractivity contribution in [1.29, 1.82) is 0 Å². The molecule has 3 unspecified atom stereocenters. The maximum absolute atomic E-state index is 13.7. The van der Waals surface area contributed by atoms with Crippen molar-refractivity contribution >= 4 is 33.4 Å². The van der Waals surface area contributed by atoms with E-state index < -0.39 is 40.0 Å². The van der Waals surface area contributed by atoms with Crippen molar-refractivity contribution in [2.45, 2.75) is 57.2 Å². The number of aliphatic hydroxyl groups excluding tert-OH is 1. The summed E-state index contributed by atoms with van der Waals surface area (Å²) in [5, 5.41) is 16.9. The van der Waals surface area contributed by atoms with E-state index in [4.69, 9.17) is 21.1 Å². The normalized spacial score (nSPS) is 15.2. The number of sulfonamides is 1. The number of halogens is 1. The monoisotopic (exact) mass is 595 g/mol. The van der Waals surface area contributed by atoms with Crippen molar-refractivity contribution in [3.05, 3.63) is 54.1 Å². The van der Waals surface area contributed by atoms with Gasteiger partial charge < -0.3 is 25.2 Å². The Labute approximate surface area is 241 Å². The fourth-order valence-corrected chi connectivity index (χ4v) is 6.09. The van der Waals surface area contributed by atoms with E-state index in [0.29, 0.717) is 11.5 Å². The lowest BCUT2D eigenvalue weighted by Gasteiger charge is -2.32. The van der Waals surface area contributed by atoms with E-state index in [0.717, 1.165) is 5.56 Å². The molecule has 40 heavy (non-hydrogen) atoms. The molecule has 10 nitrogen and oxygen atoms in total. The zero-order valence-corrected chi connectivity index (χ0v) is 24.7. The second-order valence-corrected chi connectivity index (χ2v) is 12.7. The molecule has 0 aliphatic carbocycles. The van der Waals surface area contributed by atoms with Crippen LogP contribution < -0.4 is 20.1 Å². The van der Waals surface area contributed by atoms with Gasteiger partial charge in [-0.05, 0) is 36.0 Å². The molecule has 0 saturated carbocycles. The Bertz CT molecular complexity index is 1260. The molecular weight excluding hydrogens is 558 g/mol. The number of alkyl halides is 1. The molecule has 0 saturated heterocycles. The van der Waals surface area contributed by atoms with Crippen LogP contribution in [0.3, 0.4) is 0 Å². The van der Waals surface area contributed by atoms with Crippen LogP contribution in [0.2, 0.25) is 0 Å². The van der Waals surface area contributed by atoms with E-state index in [9.17, 15) is 23.1 Å². The summed E-state index contributed by atoms with van der Waals surface area (Å²) in [4.78, 5) is 25.2. The summed E-state index contributed by atoms with van der Waals surface area (Å²) in [5.74, 6) is -0.801. The Morgan fingerprint density at radius 2 is 1.68 bits per heavy atom. The van der Waals surface area contributed by atoms with Gasteiger partial charge in [-0.2, -0.15) is 4.31 Å². The van der Waals surface area contributed by atoms with Crippen LogP contribution in [0, 0.1) is 11.8 Å². The van der Waals surface area contributed by atoms with E-state index in [-0.39, 0.29) is 48.9 Å². The molecule has 3 N–H and O–H groups in total. The van der Waals surface area contributed by atoms with Crippen LogP contribution in [0.5, 0.6) is 11.5 Å². The van der Waals surface area contributed by atoms with Gasteiger partial charge in [0, 0.05) is 19.2 Å². The molecule has 2 amide bonds. The van der Waals surface area contributed by atoms with Crippen LogP contribution in [0.4, 0.5) is 0 Å². The molecule has 0 bridgehead atoms. The van der Waals surface area contributed by atoms with Crippen molar-refractivity contribution in [1.82, 2.24) is 14.9 Å². The lowest BCUT2D eigenvalue weighted by Crippen LogP contribution is -2.57. The van der Waals surface area contributed by atoms with E-state index in [1.54, 1.807) is 19.9 Å². The fraction of sp³-hybridized carbons (Fsp3) is 0.500. The smallest absolute Gasteiger partial charge is 0.243 e. The number of carbonyl (C=O) groups excluding carboxylic acids is 2. The van der Waals surface area contributed by atoms with Gasteiger partial charge in [-0.1, -0.05) is 58.0 Å². The van der Waals surface area contributed by atoms with Gasteiger partial charge >= 0.3 is 0 Å².